The van der Waals surface area contributed by atoms with E-state index < -0.39 is 21.5 Å². The number of carbonyl (C=O) groups excluding carboxylic acids is 1. The standard InChI is InChI=1S/C25H31N5O4S/c1-4-30(5-2)35(33,34)20-10-11-23-21(16-20)22(17-24(31)27-23)25(32)26-18-6-8-19(9-7-18)29-14-12-28(3)13-15-29/h6-11,16-17H,4-5,12-15H2,1-3H3,(H,26,32)(H,27,31). The van der Waals surface area contributed by atoms with Crippen molar-refractivity contribution in [2.24, 2.45) is 0 Å². The zero-order chi connectivity index (χ0) is 25.2. The first kappa shape index (κ1) is 24.9. The molecule has 2 N–H and O–H groups in total. The van der Waals surface area contributed by atoms with E-state index >= 15 is 0 Å². The van der Waals surface area contributed by atoms with E-state index in [4.69, 9.17) is 0 Å². The van der Waals surface area contributed by atoms with Crippen molar-refractivity contribution in [3.05, 3.63) is 64.4 Å². The summed E-state index contributed by atoms with van der Waals surface area (Å²) >= 11 is 0. The molecule has 1 saturated heterocycles. The molecule has 0 aliphatic carbocycles. The van der Waals surface area contributed by atoms with Crippen molar-refractivity contribution >= 4 is 38.2 Å². The average Bonchev–Trinajstić information content (AvgIpc) is 2.84. The lowest BCUT2D eigenvalue weighted by molar-refractivity contribution is 0.102. The summed E-state index contributed by atoms with van der Waals surface area (Å²) in [5, 5.41) is 3.20. The fourth-order valence-corrected chi connectivity index (χ4v) is 5.80. The van der Waals surface area contributed by atoms with Crippen LogP contribution in [-0.2, 0) is 10.0 Å². The molecule has 0 saturated carbocycles. The maximum Gasteiger partial charge on any atom is 0.256 e. The fourth-order valence-electron chi connectivity index (χ4n) is 4.31. The van der Waals surface area contributed by atoms with Crippen molar-refractivity contribution in [2.45, 2.75) is 18.7 Å². The molecule has 35 heavy (non-hydrogen) atoms. The van der Waals surface area contributed by atoms with E-state index in [9.17, 15) is 18.0 Å². The van der Waals surface area contributed by atoms with E-state index in [0.29, 0.717) is 29.7 Å². The second-order valence-electron chi connectivity index (χ2n) is 8.64. The Morgan fingerprint density at radius 2 is 1.66 bits per heavy atom. The first-order valence-electron chi connectivity index (χ1n) is 11.7. The lowest BCUT2D eigenvalue weighted by Gasteiger charge is -2.34. The Balaban J connectivity index is 1.62. The number of piperazine rings is 1. The summed E-state index contributed by atoms with van der Waals surface area (Å²) in [5.74, 6) is -0.481. The van der Waals surface area contributed by atoms with Crippen LogP contribution in [0.15, 0.2) is 58.2 Å². The van der Waals surface area contributed by atoms with Gasteiger partial charge in [0.1, 0.15) is 0 Å². The van der Waals surface area contributed by atoms with Gasteiger partial charge in [-0.3, -0.25) is 9.59 Å². The number of carbonyl (C=O) groups is 1. The van der Waals surface area contributed by atoms with Crippen LogP contribution in [0.3, 0.4) is 0 Å². The minimum absolute atomic E-state index is 0.0753. The zero-order valence-electron chi connectivity index (χ0n) is 20.2. The molecule has 4 rings (SSSR count). The van der Waals surface area contributed by atoms with Crippen molar-refractivity contribution < 1.29 is 13.2 Å². The summed E-state index contributed by atoms with van der Waals surface area (Å²) in [4.78, 5) is 32.7. The summed E-state index contributed by atoms with van der Waals surface area (Å²) in [7, 11) is -1.61. The molecular weight excluding hydrogens is 466 g/mol. The number of hydrogen-bond acceptors (Lipinski definition) is 6. The molecule has 9 nitrogen and oxygen atoms in total. The Hall–Kier alpha value is -3.21. The highest BCUT2D eigenvalue weighted by atomic mass is 32.2. The molecule has 1 aliphatic heterocycles. The van der Waals surface area contributed by atoms with Crippen LogP contribution in [0.5, 0.6) is 0 Å². The van der Waals surface area contributed by atoms with Gasteiger partial charge in [-0.05, 0) is 49.5 Å². The van der Waals surface area contributed by atoms with Crippen LogP contribution in [0.25, 0.3) is 10.9 Å². The minimum Gasteiger partial charge on any atom is -0.369 e. The Labute approximate surface area is 205 Å². The lowest BCUT2D eigenvalue weighted by atomic mass is 10.1. The molecule has 186 valence electrons. The van der Waals surface area contributed by atoms with Gasteiger partial charge >= 0.3 is 0 Å². The molecule has 1 fully saturated rings. The molecule has 1 amide bonds. The first-order chi connectivity index (χ1) is 16.7. The van der Waals surface area contributed by atoms with Crippen molar-refractivity contribution in [3.63, 3.8) is 0 Å². The monoisotopic (exact) mass is 497 g/mol. The fraction of sp³-hybridized carbons (Fsp3) is 0.360. The minimum atomic E-state index is -3.72. The molecule has 10 heteroatoms. The number of nitrogens with zero attached hydrogens (tertiary/aromatic N) is 3. The highest BCUT2D eigenvalue weighted by Crippen LogP contribution is 2.24. The number of fused-ring (bicyclic) bond motifs is 1. The molecular formula is C25H31N5O4S. The van der Waals surface area contributed by atoms with E-state index in [1.54, 1.807) is 13.8 Å². The lowest BCUT2D eigenvalue weighted by Crippen LogP contribution is -2.44. The predicted molar refractivity (Wildman–Crippen MR) is 139 cm³/mol. The maximum absolute atomic E-state index is 13.2. The highest BCUT2D eigenvalue weighted by molar-refractivity contribution is 7.89. The molecule has 0 atom stereocenters. The van der Waals surface area contributed by atoms with E-state index in [-0.39, 0.29) is 10.5 Å². The normalized spacial score (nSPS) is 15.0. The number of amides is 1. The molecule has 3 aromatic rings. The number of hydrogen-bond donors (Lipinski definition) is 2. The number of H-pyrrole nitrogens is 1. The van der Waals surface area contributed by atoms with Crippen LogP contribution >= 0.6 is 0 Å². The van der Waals surface area contributed by atoms with Crippen molar-refractivity contribution in [3.8, 4) is 0 Å². The maximum atomic E-state index is 13.2. The van der Waals surface area contributed by atoms with Gasteiger partial charge < -0.3 is 20.1 Å². The van der Waals surface area contributed by atoms with Gasteiger partial charge in [0.2, 0.25) is 15.6 Å². The van der Waals surface area contributed by atoms with Crippen LogP contribution in [0.2, 0.25) is 0 Å². The van der Waals surface area contributed by atoms with Crippen LogP contribution in [0, 0.1) is 0 Å². The van der Waals surface area contributed by atoms with Gasteiger partial charge in [0.15, 0.2) is 0 Å². The molecule has 0 bridgehead atoms. The summed E-state index contributed by atoms with van der Waals surface area (Å²) in [6.45, 7) is 8.10. The van der Waals surface area contributed by atoms with Crippen LogP contribution in [0.4, 0.5) is 11.4 Å². The first-order valence-corrected chi connectivity index (χ1v) is 13.2. The Bertz CT molecular complexity index is 1370. The molecule has 1 aliphatic rings. The van der Waals surface area contributed by atoms with E-state index in [0.717, 1.165) is 31.9 Å². The van der Waals surface area contributed by atoms with Gasteiger partial charge in [-0.25, -0.2) is 8.42 Å². The van der Waals surface area contributed by atoms with Gasteiger partial charge in [0.05, 0.1) is 10.5 Å². The number of sulfonamides is 1. The van der Waals surface area contributed by atoms with E-state index in [1.807, 2.05) is 24.3 Å². The van der Waals surface area contributed by atoms with Crippen LogP contribution < -0.4 is 15.8 Å². The highest BCUT2D eigenvalue weighted by Gasteiger charge is 2.23. The molecule has 2 heterocycles. The quantitative estimate of drug-likeness (QED) is 0.520. The Morgan fingerprint density at radius 1 is 1.00 bits per heavy atom. The summed E-state index contributed by atoms with van der Waals surface area (Å²) in [5.41, 5.74) is 1.75. The molecule has 2 aromatic carbocycles. The van der Waals surface area contributed by atoms with E-state index in [1.165, 1.54) is 28.6 Å². The number of rotatable bonds is 7. The third-order valence-electron chi connectivity index (χ3n) is 6.40. The summed E-state index contributed by atoms with van der Waals surface area (Å²) in [6.07, 6.45) is 0. The van der Waals surface area contributed by atoms with Gasteiger partial charge in [-0.2, -0.15) is 4.31 Å². The van der Waals surface area contributed by atoms with Crippen molar-refractivity contribution in [1.29, 1.82) is 0 Å². The second-order valence-corrected chi connectivity index (χ2v) is 10.6. The van der Waals surface area contributed by atoms with Crippen molar-refractivity contribution in [1.82, 2.24) is 14.2 Å². The SMILES string of the molecule is CCN(CC)S(=O)(=O)c1ccc2[nH]c(=O)cc(C(=O)Nc3ccc(N4CCN(C)CC4)cc3)c2c1. The number of benzene rings is 2. The van der Waals surface area contributed by atoms with Gasteiger partial charge in [0, 0.05) is 67.6 Å². The number of aromatic nitrogens is 1. The second kappa shape index (κ2) is 10.2. The molecule has 0 radical (unpaired) electrons. The smallest absolute Gasteiger partial charge is 0.256 e. The number of likely N-dealkylation sites (N-methyl/N-ethyl adjacent to an activating group) is 1. The van der Waals surface area contributed by atoms with Gasteiger partial charge in [-0.1, -0.05) is 13.8 Å². The third-order valence-corrected chi connectivity index (χ3v) is 8.44. The summed E-state index contributed by atoms with van der Waals surface area (Å²) in [6, 6.07) is 13.2. The van der Waals surface area contributed by atoms with Gasteiger partial charge in [0.25, 0.3) is 5.91 Å². The van der Waals surface area contributed by atoms with Crippen molar-refractivity contribution in [2.75, 3.05) is 56.5 Å². The average molecular weight is 498 g/mol. The molecule has 0 unspecified atom stereocenters. The van der Waals surface area contributed by atoms with Crippen LogP contribution in [0.1, 0.15) is 24.2 Å². The number of aromatic amines is 1. The predicted octanol–water partition coefficient (Wildman–Crippen LogP) is 2.56. The topological polar surface area (TPSA) is 106 Å². The zero-order valence-corrected chi connectivity index (χ0v) is 21.1. The number of nitrogens with one attached hydrogen (secondary N) is 2. The Kier molecular flexibility index (Phi) is 7.25. The summed E-state index contributed by atoms with van der Waals surface area (Å²) < 4.78 is 27.4. The number of pyridine rings is 1. The molecule has 1 aromatic heterocycles. The van der Waals surface area contributed by atoms with Crippen LogP contribution in [-0.4, -0.2) is 74.8 Å². The third kappa shape index (κ3) is 5.24. The van der Waals surface area contributed by atoms with E-state index in [2.05, 4.69) is 27.1 Å². The van der Waals surface area contributed by atoms with Gasteiger partial charge in [-0.15, -0.1) is 0 Å². The largest absolute Gasteiger partial charge is 0.369 e. The number of anilines is 2. The Morgan fingerprint density at radius 3 is 2.29 bits per heavy atom. The molecule has 0 spiro atoms.